The average Bonchev–Trinajstić information content (AvgIpc) is 1.87. The van der Waals surface area contributed by atoms with Crippen molar-refractivity contribution >= 4 is 23.4 Å². The molecular weight excluding hydrogens is 164 g/mol. The SMILES string of the molecule is CC(C)CCSCCCCl. The summed E-state index contributed by atoms with van der Waals surface area (Å²) in [5.41, 5.74) is 0. The normalized spacial score (nSPS) is 10.8. The summed E-state index contributed by atoms with van der Waals surface area (Å²) in [6.45, 7) is 4.53. The monoisotopic (exact) mass is 180 g/mol. The fourth-order valence-electron chi connectivity index (χ4n) is 0.578. The quantitative estimate of drug-likeness (QED) is 0.446. The Morgan fingerprint density at radius 3 is 2.50 bits per heavy atom. The smallest absolute Gasteiger partial charge is 0.0231 e. The molecule has 0 aliphatic heterocycles. The molecule has 0 spiro atoms. The predicted molar refractivity (Wildman–Crippen MR) is 52.1 cm³/mol. The van der Waals surface area contributed by atoms with Gasteiger partial charge in [-0.2, -0.15) is 11.8 Å². The first-order valence-electron chi connectivity index (χ1n) is 3.91. The van der Waals surface area contributed by atoms with Gasteiger partial charge in [-0.05, 0) is 30.3 Å². The zero-order chi connectivity index (χ0) is 7.82. The van der Waals surface area contributed by atoms with Crippen molar-refractivity contribution in [3.8, 4) is 0 Å². The lowest BCUT2D eigenvalue weighted by atomic mass is 10.2. The highest BCUT2D eigenvalue weighted by atomic mass is 35.5. The molecule has 0 unspecified atom stereocenters. The lowest BCUT2D eigenvalue weighted by Crippen LogP contribution is -1.91. The van der Waals surface area contributed by atoms with Gasteiger partial charge in [0.15, 0.2) is 0 Å². The van der Waals surface area contributed by atoms with E-state index in [-0.39, 0.29) is 0 Å². The fraction of sp³-hybridized carbons (Fsp3) is 1.00. The Hall–Kier alpha value is 0.640. The molecule has 0 aromatic heterocycles. The maximum Gasteiger partial charge on any atom is 0.0231 e. The Kier molecular flexibility index (Phi) is 8.24. The van der Waals surface area contributed by atoms with Gasteiger partial charge in [-0.3, -0.25) is 0 Å². The molecular formula is C8H17ClS. The molecule has 0 aliphatic rings. The summed E-state index contributed by atoms with van der Waals surface area (Å²) >= 11 is 7.55. The highest BCUT2D eigenvalue weighted by Gasteiger charge is 1.93. The molecule has 0 saturated carbocycles. The van der Waals surface area contributed by atoms with E-state index in [4.69, 9.17) is 11.6 Å². The van der Waals surface area contributed by atoms with Gasteiger partial charge in [0.2, 0.25) is 0 Å². The van der Waals surface area contributed by atoms with E-state index in [0.717, 1.165) is 18.2 Å². The van der Waals surface area contributed by atoms with Crippen LogP contribution in [0.2, 0.25) is 0 Å². The van der Waals surface area contributed by atoms with Crippen LogP contribution in [0, 0.1) is 5.92 Å². The largest absolute Gasteiger partial charge is 0.162 e. The summed E-state index contributed by atoms with van der Waals surface area (Å²) in [6, 6.07) is 0. The van der Waals surface area contributed by atoms with Crippen molar-refractivity contribution in [2.75, 3.05) is 17.4 Å². The van der Waals surface area contributed by atoms with Crippen LogP contribution in [0.3, 0.4) is 0 Å². The molecule has 0 fully saturated rings. The molecule has 0 aliphatic carbocycles. The Morgan fingerprint density at radius 2 is 2.00 bits per heavy atom. The zero-order valence-corrected chi connectivity index (χ0v) is 8.47. The molecule has 0 radical (unpaired) electrons. The molecule has 2 heteroatoms. The first kappa shape index (κ1) is 10.6. The molecule has 0 bridgehead atoms. The van der Waals surface area contributed by atoms with E-state index in [1.165, 1.54) is 17.9 Å². The molecule has 10 heavy (non-hydrogen) atoms. The number of alkyl halides is 1. The van der Waals surface area contributed by atoms with E-state index >= 15 is 0 Å². The minimum absolute atomic E-state index is 0.814. The van der Waals surface area contributed by atoms with Crippen LogP contribution >= 0.6 is 23.4 Å². The van der Waals surface area contributed by atoms with Crippen molar-refractivity contribution in [1.82, 2.24) is 0 Å². The molecule has 0 N–H and O–H groups in total. The number of rotatable bonds is 6. The van der Waals surface area contributed by atoms with Crippen molar-refractivity contribution in [1.29, 1.82) is 0 Å². The minimum Gasteiger partial charge on any atom is -0.162 e. The maximum atomic E-state index is 5.53. The Balaban J connectivity index is 2.77. The molecule has 0 atom stereocenters. The van der Waals surface area contributed by atoms with E-state index in [0.29, 0.717) is 0 Å². The van der Waals surface area contributed by atoms with E-state index in [9.17, 15) is 0 Å². The number of thioether (sulfide) groups is 1. The van der Waals surface area contributed by atoms with Gasteiger partial charge in [-0.25, -0.2) is 0 Å². The number of hydrogen-bond donors (Lipinski definition) is 0. The average molecular weight is 181 g/mol. The standard InChI is InChI=1S/C8H17ClS/c1-8(2)4-7-10-6-3-5-9/h8H,3-7H2,1-2H3. The first-order chi connectivity index (χ1) is 4.77. The first-order valence-corrected chi connectivity index (χ1v) is 5.60. The van der Waals surface area contributed by atoms with Gasteiger partial charge in [-0.1, -0.05) is 13.8 Å². The van der Waals surface area contributed by atoms with Crippen LogP contribution in [0.4, 0.5) is 0 Å². The van der Waals surface area contributed by atoms with Gasteiger partial charge < -0.3 is 0 Å². The molecule has 0 heterocycles. The minimum atomic E-state index is 0.814. The summed E-state index contributed by atoms with van der Waals surface area (Å²) in [6.07, 6.45) is 2.50. The second-order valence-corrected chi connectivity index (χ2v) is 4.44. The summed E-state index contributed by atoms with van der Waals surface area (Å²) in [7, 11) is 0. The number of hydrogen-bond acceptors (Lipinski definition) is 1. The van der Waals surface area contributed by atoms with Crippen molar-refractivity contribution in [2.45, 2.75) is 26.7 Å². The summed E-state index contributed by atoms with van der Waals surface area (Å²) < 4.78 is 0. The van der Waals surface area contributed by atoms with Crippen molar-refractivity contribution in [3.05, 3.63) is 0 Å². The van der Waals surface area contributed by atoms with Crippen LogP contribution in [0.25, 0.3) is 0 Å². The van der Waals surface area contributed by atoms with E-state index < -0.39 is 0 Å². The van der Waals surface area contributed by atoms with Gasteiger partial charge in [0.25, 0.3) is 0 Å². The summed E-state index contributed by atoms with van der Waals surface area (Å²) in [5, 5.41) is 0. The molecule has 0 aromatic carbocycles. The molecule has 0 amide bonds. The summed E-state index contributed by atoms with van der Waals surface area (Å²) in [5.74, 6) is 4.20. The van der Waals surface area contributed by atoms with Crippen LogP contribution in [0.15, 0.2) is 0 Å². The summed E-state index contributed by atoms with van der Waals surface area (Å²) in [4.78, 5) is 0. The number of halogens is 1. The van der Waals surface area contributed by atoms with Crippen LogP contribution in [-0.4, -0.2) is 17.4 Å². The van der Waals surface area contributed by atoms with Crippen molar-refractivity contribution in [3.63, 3.8) is 0 Å². The third kappa shape index (κ3) is 8.64. The molecule has 0 aromatic rings. The second kappa shape index (κ2) is 7.74. The van der Waals surface area contributed by atoms with E-state index in [1.807, 2.05) is 11.8 Å². The third-order valence-electron chi connectivity index (χ3n) is 1.26. The van der Waals surface area contributed by atoms with Crippen molar-refractivity contribution in [2.24, 2.45) is 5.92 Å². The van der Waals surface area contributed by atoms with Gasteiger partial charge >= 0.3 is 0 Å². The van der Waals surface area contributed by atoms with Crippen LogP contribution in [0.5, 0.6) is 0 Å². The predicted octanol–water partition coefficient (Wildman–Crippen LogP) is 3.39. The van der Waals surface area contributed by atoms with Gasteiger partial charge in [0, 0.05) is 5.88 Å². The van der Waals surface area contributed by atoms with Gasteiger partial charge in [0.05, 0.1) is 0 Å². The highest BCUT2D eigenvalue weighted by Crippen LogP contribution is 2.09. The maximum absolute atomic E-state index is 5.53. The second-order valence-electron chi connectivity index (χ2n) is 2.84. The Bertz CT molecular complexity index is 64.3. The van der Waals surface area contributed by atoms with Gasteiger partial charge in [0.1, 0.15) is 0 Å². The van der Waals surface area contributed by atoms with Crippen molar-refractivity contribution < 1.29 is 0 Å². The van der Waals surface area contributed by atoms with Gasteiger partial charge in [-0.15, -0.1) is 11.6 Å². The lowest BCUT2D eigenvalue weighted by Gasteiger charge is -2.02. The zero-order valence-electron chi connectivity index (χ0n) is 6.90. The van der Waals surface area contributed by atoms with Crippen LogP contribution in [0.1, 0.15) is 26.7 Å². The molecule has 0 nitrogen and oxygen atoms in total. The Labute approximate surface area is 73.7 Å². The van der Waals surface area contributed by atoms with E-state index in [1.54, 1.807) is 0 Å². The molecule has 0 saturated heterocycles. The van der Waals surface area contributed by atoms with Crippen LogP contribution in [-0.2, 0) is 0 Å². The Morgan fingerprint density at radius 1 is 1.30 bits per heavy atom. The topological polar surface area (TPSA) is 0 Å². The fourth-order valence-corrected chi connectivity index (χ4v) is 2.06. The molecule has 0 rings (SSSR count). The lowest BCUT2D eigenvalue weighted by molar-refractivity contribution is 0.632. The third-order valence-corrected chi connectivity index (χ3v) is 2.63. The highest BCUT2D eigenvalue weighted by molar-refractivity contribution is 7.99. The van der Waals surface area contributed by atoms with E-state index in [2.05, 4.69) is 13.8 Å². The van der Waals surface area contributed by atoms with Crippen LogP contribution < -0.4 is 0 Å². The molecule has 62 valence electrons.